The van der Waals surface area contributed by atoms with Gasteiger partial charge in [0, 0.05) is 64.2 Å². The lowest BCUT2D eigenvalue weighted by atomic mass is 9.82. The maximum Gasteiger partial charge on any atom is 0.193 e. The fourth-order valence-electron chi connectivity index (χ4n) is 5.19. The second-order valence-corrected chi connectivity index (χ2v) is 8.03. The molecule has 0 aromatic heterocycles. The van der Waals surface area contributed by atoms with Crippen LogP contribution in [-0.2, 0) is 4.74 Å². The first-order valence-corrected chi connectivity index (χ1v) is 10.4. The van der Waals surface area contributed by atoms with Crippen molar-refractivity contribution in [3.63, 3.8) is 0 Å². The molecule has 0 saturated carbocycles. The molecular formula is C19H35N5O. The summed E-state index contributed by atoms with van der Waals surface area (Å²) >= 11 is 0. The van der Waals surface area contributed by atoms with E-state index in [0.717, 1.165) is 50.5 Å². The number of nitrogens with zero attached hydrogens (tertiary/aromatic N) is 4. The average molecular weight is 350 g/mol. The van der Waals surface area contributed by atoms with E-state index in [1.54, 1.807) is 0 Å². The molecule has 4 heterocycles. The number of hydrogen-bond donors (Lipinski definition) is 1. The summed E-state index contributed by atoms with van der Waals surface area (Å²) in [4.78, 5) is 12.6. The Morgan fingerprint density at radius 2 is 1.64 bits per heavy atom. The number of likely N-dealkylation sites (tertiary alicyclic amines) is 1. The lowest BCUT2D eigenvalue weighted by Crippen LogP contribution is -2.47. The topological polar surface area (TPSA) is 43.3 Å². The number of piperazine rings is 1. The standard InChI is InChI=1S/C19H35N5O/c1-3-20-19(21-7-8-23-11-9-22(4-2)10-12-23)24-13-15-16(14-24)18-6-5-17(15)25-18/h15-18H,3-14H2,1-2H3,(H,20,21). The molecule has 6 nitrogen and oxygen atoms in total. The summed E-state index contributed by atoms with van der Waals surface area (Å²) in [6.45, 7) is 15.6. The number of ether oxygens (including phenoxy) is 1. The Morgan fingerprint density at radius 1 is 1.00 bits per heavy atom. The van der Waals surface area contributed by atoms with Crippen LogP contribution in [0.4, 0.5) is 0 Å². The van der Waals surface area contributed by atoms with Crippen molar-refractivity contribution in [3.8, 4) is 0 Å². The largest absolute Gasteiger partial charge is 0.374 e. The van der Waals surface area contributed by atoms with Crippen LogP contribution < -0.4 is 5.32 Å². The molecule has 0 aliphatic carbocycles. The Labute approximate surface area is 152 Å². The molecule has 4 unspecified atom stereocenters. The van der Waals surface area contributed by atoms with Crippen LogP contribution in [0, 0.1) is 11.8 Å². The summed E-state index contributed by atoms with van der Waals surface area (Å²) in [5.41, 5.74) is 0. The van der Waals surface area contributed by atoms with Crippen molar-refractivity contribution >= 4 is 5.96 Å². The van der Waals surface area contributed by atoms with E-state index in [1.165, 1.54) is 45.6 Å². The van der Waals surface area contributed by atoms with Crippen molar-refractivity contribution in [2.24, 2.45) is 16.8 Å². The molecule has 2 bridgehead atoms. The predicted molar refractivity (Wildman–Crippen MR) is 101 cm³/mol. The average Bonchev–Trinajstić information content (AvgIpc) is 3.34. The van der Waals surface area contributed by atoms with Gasteiger partial charge in [0.25, 0.3) is 0 Å². The van der Waals surface area contributed by atoms with Gasteiger partial charge in [0.1, 0.15) is 0 Å². The molecular weight excluding hydrogens is 314 g/mol. The molecule has 4 aliphatic heterocycles. The maximum absolute atomic E-state index is 6.11. The minimum Gasteiger partial charge on any atom is -0.374 e. The highest BCUT2D eigenvalue weighted by atomic mass is 16.5. The molecule has 0 amide bonds. The molecule has 0 aromatic rings. The van der Waals surface area contributed by atoms with E-state index in [2.05, 4.69) is 33.9 Å². The Bertz CT molecular complexity index is 458. The zero-order valence-electron chi connectivity index (χ0n) is 16.0. The van der Waals surface area contributed by atoms with E-state index in [-0.39, 0.29) is 0 Å². The fourth-order valence-corrected chi connectivity index (χ4v) is 5.19. The molecule has 0 spiro atoms. The third-order valence-electron chi connectivity index (χ3n) is 6.68. The number of guanidine groups is 1. The van der Waals surface area contributed by atoms with Gasteiger partial charge in [0.05, 0.1) is 18.8 Å². The highest BCUT2D eigenvalue weighted by Crippen LogP contribution is 2.47. The first-order valence-electron chi connectivity index (χ1n) is 10.4. The number of aliphatic imine (C=N–C) groups is 1. The van der Waals surface area contributed by atoms with Gasteiger partial charge in [-0.25, -0.2) is 0 Å². The van der Waals surface area contributed by atoms with E-state index in [1.807, 2.05) is 0 Å². The molecule has 142 valence electrons. The van der Waals surface area contributed by atoms with Crippen molar-refractivity contribution in [2.45, 2.75) is 38.9 Å². The highest BCUT2D eigenvalue weighted by molar-refractivity contribution is 5.80. The first kappa shape index (κ1) is 17.6. The second-order valence-electron chi connectivity index (χ2n) is 8.03. The van der Waals surface area contributed by atoms with E-state index < -0.39 is 0 Å². The lowest BCUT2D eigenvalue weighted by molar-refractivity contribution is 0.0767. The van der Waals surface area contributed by atoms with Crippen molar-refractivity contribution in [3.05, 3.63) is 0 Å². The van der Waals surface area contributed by atoms with Crippen molar-refractivity contribution in [2.75, 3.05) is 65.4 Å². The van der Waals surface area contributed by atoms with E-state index >= 15 is 0 Å². The zero-order chi connectivity index (χ0) is 17.2. The summed E-state index contributed by atoms with van der Waals surface area (Å²) in [5, 5.41) is 3.53. The van der Waals surface area contributed by atoms with Crippen LogP contribution in [0.25, 0.3) is 0 Å². The SMILES string of the molecule is CCNC(=NCCN1CCN(CC)CC1)N1CC2C3CCC(O3)C2C1. The van der Waals surface area contributed by atoms with Crippen molar-refractivity contribution < 1.29 is 4.74 Å². The summed E-state index contributed by atoms with van der Waals surface area (Å²) in [6.07, 6.45) is 3.60. The molecule has 0 aromatic carbocycles. The summed E-state index contributed by atoms with van der Waals surface area (Å²) in [5.74, 6) is 2.61. The van der Waals surface area contributed by atoms with Gasteiger partial charge in [-0.05, 0) is 26.3 Å². The van der Waals surface area contributed by atoms with Gasteiger partial charge in [-0.3, -0.25) is 9.89 Å². The van der Waals surface area contributed by atoms with Crippen molar-refractivity contribution in [1.82, 2.24) is 20.0 Å². The predicted octanol–water partition coefficient (Wildman–Crippen LogP) is 0.699. The highest BCUT2D eigenvalue weighted by Gasteiger charge is 2.53. The number of hydrogen-bond acceptors (Lipinski definition) is 4. The molecule has 4 atom stereocenters. The molecule has 4 saturated heterocycles. The smallest absolute Gasteiger partial charge is 0.193 e. The third kappa shape index (κ3) is 3.67. The Morgan fingerprint density at radius 3 is 2.24 bits per heavy atom. The fraction of sp³-hybridized carbons (Fsp3) is 0.947. The Kier molecular flexibility index (Phi) is 5.48. The van der Waals surface area contributed by atoms with Gasteiger partial charge in [-0.2, -0.15) is 0 Å². The van der Waals surface area contributed by atoms with E-state index in [0.29, 0.717) is 12.2 Å². The zero-order valence-corrected chi connectivity index (χ0v) is 16.0. The second kappa shape index (κ2) is 7.80. The van der Waals surface area contributed by atoms with Crippen LogP contribution in [-0.4, -0.2) is 98.3 Å². The van der Waals surface area contributed by atoms with E-state index in [4.69, 9.17) is 9.73 Å². The molecule has 4 rings (SSSR count). The summed E-state index contributed by atoms with van der Waals surface area (Å²) in [6, 6.07) is 0. The molecule has 25 heavy (non-hydrogen) atoms. The molecule has 4 fully saturated rings. The first-order chi connectivity index (χ1) is 12.3. The molecule has 6 heteroatoms. The molecule has 1 N–H and O–H groups in total. The Hall–Kier alpha value is -0.850. The molecule has 4 aliphatic rings. The van der Waals surface area contributed by atoms with Crippen LogP contribution in [0.2, 0.25) is 0 Å². The number of rotatable bonds is 5. The van der Waals surface area contributed by atoms with Gasteiger partial charge in [0.2, 0.25) is 0 Å². The minimum atomic E-state index is 0.526. The molecule has 0 radical (unpaired) electrons. The van der Waals surface area contributed by atoms with Crippen LogP contribution in [0.1, 0.15) is 26.7 Å². The van der Waals surface area contributed by atoms with E-state index in [9.17, 15) is 0 Å². The summed E-state index contributed by atoms with van der Waals surface area (Å²) in [7, 11) is 0. The van der Waals surface area contributed by atoms with Gasteiger partial charge in [-0.1, -0.05) is 6.92 Å². The van der Waals surface area contributed by atoms with Gasteiger partial charge >= 0.3 is 0 Å². The van der Waals surface area contributed by atoms with Crippen LogP contribution in [0.3, 0.4) is 0 Å². The number of nitrogens with one attached hydrogen (secondary N) is 1. The van der Waals surface area contributed by atoms with Gasteiger partial charge in [-0.15, -0.1) is 0 Å². The Balaban J connectivity index is 1.28. The lowest BCUT2D eigenvalue weighted by Gasteiger charge is -2.33. The van der Waals surface area contributed by atoms with Gasteiger partial charge in [0.15, 0.2) is 5.96 Å². The van der Waals surface area contributed by atoms with Crippen LogP contribution in [0.5, 0.6) is 0 Å². The normalized spacial score (nSPS) is 36.2. The monoisotopic (exact) mass is 349 g/mol. The third-order valence-corrected chi connectivity index (χ3v) is 6.68. The van der Waals surface area contributed by atoms with Crippen molar-refractivity contribution in [1.29, 1.82) is 0 Å². The number of likely N-dealkylation sites (N-methyl/N-ethyl adjacent to an activating group) is 1. The maximum atomic E-state index is 6.11. The minimum absolute atomic E-state index is 0.526. The van der Waals surface area contributed by atoms with Crippen LogP contribution in [0.15, 0.2) is 4.99 Å². The number of fused-ring (bicyclic) bond motifs is 5. The van der Waals surface area contributed by atoms with Crippen LogP contribution >= 0.6 is 0 Å². The quantitative estimate of drug-likeness (QED) is 0.585. The van der Waals surface area contributed by atoms with Gasteiger partial charge < -0.3 is 19.9 Å². The summed E-state index contributed by atoms with van der Waals surface area (Å²) < 4.78 is 6.11.